The normalized spacial score (nSPS) is 14.0. The molecule has 0 heterocycles. The van der Waals surface area contributed by atoms with Gasteiger partial charge < -0.3 is 37.6 Å². The number of nitrogens with two attached hydrogens (primary N) is 2. The minimum atomic E-state index is -1.61. The number of carbonyl (C=O) groups is 6. The average molecular weight is 512 g/mol. The van der Waals surface area contributed by atoms with Gasteiger partial charge in [0.05, 0.1) is 12.5 Å². The second kappa shape index (κ2) is 14.6. The van der Waals surface area contributed by atoms with E-state index in [-0.39, 0.29) is 25.0 Å². The van der Waals surface area contributed by atoms with Gasteiger partial charge in [0, 0.05) is 18.6 Å². The summed E-state index contributed by atoms with van der Waals surface area (Å²) < 4.78 is 0. The van der Waals surface area contributed by atoms with Crippen LogP contribution < -0.4 is 27.4 Å². The number of carboxylic acids is 2. The first kappa shape index (κ1) is 29.4. The molecule has 0 radical (unpaired) electrons. The Morgan fingerprint density at radius 1 is 0.857 bits per heavy atom. The molecule has 1 aromatic rings. The van der Waals surface area contributed by atoms with Crippen LogP contribution >= 0.6 is 12.6 Å². The lowest BCUT2D eigenvalue weighted by Crippen LogP contribution is -2.58. The molecular formula is C21H29N5O8S. The number of carboxylic acid groups (broad SMARTS) is 2. The summed E-state index contributed by atoms with van der Waals surface area (Å²) in [6.45, 7) is 0. The monoisotopic (exact) mass is 511 g/mol. The zero-order valence-corrected chi connectivity index (χ0v) is 19.6. The Morgan fingerprint density at radius 2 is 1.40 bits per heavy atom. The van der Waals surface area contributed by atoms with E-state index in [0.717, 1.165) is 0 Å². The van der Waals surface area contributed by atoms with Crippen LogP contribution in [0.4, 0.5) is 0 Å². The quantitative estimate of drug-likeness (QED) is 0.119. The van der Waals surface area contributed by atoms with Crippen molar-refractivity contribution in [2.45, 2.75) is 49.9 Å². The van der Waals surface area contributed by atoms with Crippen LogP contribution in [0.15, 0.2) is 30.3 Å². The molecule has 35 heavy (non-hydrogen) atoms. The highest BCUT2D eigenvalue weighted by Gasteiger charge is 2.30. The maximum atomic E-state index is 12.8. The van der Waals surface area contributed by atoms with Crippen molar-refractivity contribution in [3.05, 3.63) is 35.9 Å². The highest BCUT2D eigenvalue weighted by Crippen LogP contribution is 2.06. The SMILES string of the molecule is NC(=O)CC(NC(=O)C(Cc1ccccc1)NC(=O)C(CS)NC(=O)C(N)CCC(=O)O)C(=O)O. The summed E-state index contributed by atoms with van der Waals surface area (Å²) in [4.78, 5) is 71.1. The van der Waals surface area contributed by atoms with Gasteiger partial charge in [0.1, 0.15) is 18.1 Å². The van der Waals surface area contributed by atoms with Gasteiger partial charge in [-0.15, -0.1) is 0 Å². The predicted octanol–water partition coefficient (Wildman–Crippen LogP) is -2.23. The van der Waals surface area contributed by atoms with Gasteiger partial charge >= 0.3 is 11.9 Å². The van der Waals surface area contributed by atoms with E-state index in [1.54, 1.807) is 30.3 Å². The molecule has 4 atom stereocenters. The fraction of sp³-hybridized carbons (Fsp3) is 0.429. The van der Waals surface area contributed by atoms with E-state index in [1.165, 1.54) is 0 Å². The molecule has 1 aromatic carbocycles. The zero-order valence-electron chi connectivity index (χ0n) is 18.7. The molecule has 4 amide bonds. The Hall–Kier alpha value is -3.65. The van der Waals surface area contributed by atoms with Gasteiger partial charge in [0.15, 0.2) is 0 Å². The summed E-state index contributed by atoms with van der Waals surface area (Å²) in [5.74, 6) is -6.23. The second-order valence-corrected chi connectivity index (χ2v) is 7.97. The van der Waals surface area contributed by atoms with Crippen molar-refractivity contribution in [3.63, 3.8) is 0 Å². The Morgan fingerprint density at radius 3 is 1.91 bits per heavy atom. The number of hydrogen-bond acceptors (Lipinski definition) is 8. The molecule has 4 unspecified atom stereocenters. The Balaban J connectivity index is 2.99. The van der Waals surface area contributed by atoms with Crippen LogP contribution in [0.25, 0.3) is 0 Å². The summed E-state index contributed by atoms with van der Waals surface area (Å²) in [6.07, 6.45) is -1.19. The number of thiol groups is 1. The van der Waals surface area contributed by atoms with Gasteiger partial charge in [0.2, 0.25) is 23.6 Å². The summed E-state index contributed by atoms with van der Waals surface area (Å²) in [7, 11) is 0. The Bertz CT molecular complexity index is 930. The van der Waals surface area contributed by atoms with Crippen molar-refractivity contribution >= 4 is 48.2 Å². The molecule has 1 rings (SSSR count). The number of amides is 4. The highest BCUT2D eigenvalue weighted by molar-refractivity contribution is 7.80. The van der Waals surface area contributed by atoms with Gasteiger partial charge in [-0.25, -0.2) is 4.79 Å². The molecule has 0 aliphatic rings. The topological polar surface area (TPSA) is 231 Å². The maximum Gasteiger partial charge on any atom is 0.326 e. The molecule has 13 nitrogen and oxygen atoms in total. The summed E-state index contributed by atoms with van der Waals surface area (Å²) >= 11 is 4.04. The number of carbonyl (C=O) groups excluding carboxylic acids is 4. The van der Waals surface area contributed by atoms with Crippen molar-refractivity contribution in [2.24, 2.45) is 11.5 Å². The highest BCUT2D eigenvalue weighted by atomic mass is 32.1. The molecule has 0 aromatic heterocycles. The van der Waals surface area contributed by atoms with E-state index in [0.29, 0.717) is 5.56 Å². The number of rotatable bonds is 15. The Kier molecular flexibility index (Phi) is 12.2. The van der Waals surface area contributed by atoms with Crippen molar-refractivity contribution < 1.29 is 39.0 Å². The van der Waals surface area contributed by atoms with Crippen LogP contribution in [-0.2, 0) is 35.2 Å². The van der Waals surface area contributed by atoms with E-state index >= 15 is 0 Å². The second-order valence-electron chi connectivity index (χ2n) is 7.60. The zero-order chi connectivity index (χ0) is 26.5. The van der Waals surface area contributed by atoms with E-state index in [1.807, 2.05) is 0 Å². The molecule has 0 spiro atoms. The summed E-state index contributed by atoms with van der Waals surface area (Å²) in [6, 6.07) is 3.22. The van der Waals surface area contributed by atoms with Crippen LogP contribution in [0, 0.1) is 0 Å². The first-order valence-corrected chi connectivity index (χ1v) is 11.1. The lowest BCUT2D eigenvalue weighted by Gasteiger charge is -2.24. The summed E-state index contributed by atoms with van der Waals surface area (Å²) in [5, 5.41) is 25.0. The molecule has 0 aliphatic carbocycles. The minimum absolute atomic E-state index is 0.0350. The van der Waals surface area contributed by atoms with Crippen molar-refractivity contribution in [1.82, 2.24) is 16.0 Å². The van der Waals surface area contributed by atoms with Crippen LogP contribution in [0.1, 0.15) is 24.8 Å². The van der Waals surface area contributed by atoms with Crippen molar-refractivity contribution in [3.8, 4) is 0 Å². The lowest BCUT2D eigenvalue weighted by atomic mass is 10.0. The lowest BCUT2D eigenvalue weighted by molar-refractivity contribution is -0.143. The number of benzene rings is 1. The van der Waals surface area contributed by atoms with Gasteiger partial charge in [-0.05, 0) is 12.0 Å². The summed E-state index contributed by atoms with van der Waals surface area (Å²) in [5.41, 5.74) is 11.3. The van der Waals surface area contributed by atoms with Crippen molar-refractivity contribution in [2.75, 3.05) is 5.75 Å². The first-order chi connectivity index (χ1) is 16.4. The average Bonchev–Trinajstić information content (AvgIpc) is 2.79. The van der Waals surface area contributed by atoms with E-state index < -0.39 is 66.2 Å². The standard InChI is InChI=1S/C21H29N5O8S/c22-12(6-7-17(28)29)18(30)26-15(10-35)20(32)24-13(8-11-4-2-1-3-5-11)19(31)25-14(21(33)34)9-16(23)27/h1-5,12-15,35H,6-10,22H2,(H2,23,27)(H,24,32)(H,25,31)(H,26,30)(H,28,29)(H,33,34). The maximum absolute atomic E-state index is 12.8. The molecule has 0 aliphatic heterocycles. The fourth-order valence-electron chi connectivity index (χ4n) is 2.89. The smallest absolute Gasteiger partial charge is 0.326 e. The molecule has 0 bridgehead atoms. The third-order valence-corrected chi connectivity index (χ3v) is 5.12. The van der Waals surface area contributed by atoms with E-state index in [4.69, 9.17) is 16.6 Å². The van der Waals surface area contributed by atoms with Crippen LogP contribution in [0.2, 0.25) is 0 Å². The van der Waals surface area contributed by atoms with Gasteiger partial charge in [-0.2, -0.15) is 12.6 Å². The number of nitrogens with one attached hydrogen (secondary N) is 3. The van der Waals surface area contributed by atoms with Crippen LogP contribution in [0.3, 0.4) is 0 Å². The van der Waals surface area contributed by atoms with Gasteiger partial charge in [-0.3, -0.25) is 24.0 Å². The number of hydrogen-bond donors (Lipinski definition) is 8. The molecule has 9 N–H and O–H groups in total. The third-order valence-electron chi connectivity index (χ3n) is 4.76. The van der Waals surface area contributed by atoms with Gasteiger partial charge in [-0.1, -0.05) is 30.3 Å². The molecule has 0 fully saturated rings. The molecule has 0 saturated carbocycles. The molecule has 0 saturated heterocycles. The van der Waals surface area contributed by atoms with Crippen LogP contribution in [0.5, 0.6) is 0 Å². The number of primary amides is 1. The van der Waals surface area contributed by atoms with Gasteiger partial charge in [0.25, 0.3) is 0 Å². The van der Waals surface area contributed by atoms with Crippen LogP contribution in [-0.4, -0.2) is 75.7 Å². The third kappa shape index (κ3) is 10.9. The molecule has 14 heteroatoms. The molecular weight excluding hydrogens is 482 g/mol. The minimum Gasteiger partial charge on any atom is -0.481 e. The van der Waals surface area contributed by atoms with Crippen molar-refractivity contribution in [1.29, 1.82) is 0 Å². The van der Waals surface area contributed by atoms with E-state index in [9.17, 15) is 33.9 Å². The number of aliphatic carboxylic acids is 2. The largest absolute Gasteiger partial charge is 0.481 e. The fourth-order valence-corrected chi connectivity index (χ4v) is 3.15. The Labute approximate surface area is 206 Å². The molecule has 192 valence electrons. The first-order valence-electron chi connectivity index (χ1n) is 10.5. The van der Waals surface area contributed by atoms with E-state index in [2.05, 4.69) is 28.6 Å². The predicted molar refractivity (Wildman–Crippen MR) is 126 cm³/mol.